The first-order chi connectivity index (χ1) is 9.16. The zero-order valence-corrected chi connectivity index (χ0v) is 9.97. The van der Waals surface area contributed by atoms with Gasteiger partial charge in [0, 0.05) is 12.0 Å². The van der Waals surface area contributed by atoms with Gasteiger partial charge in [0.1, 0.15) is 5.82 Å². The van der Waals surface area contributed by atoms with Crippen molar-refractivity contribution in [1.82, 2.24) is 9.78 Å². The Labute approximate surface area is 108 Å². The molecule has 1 N–H and O–H groups in total. The molecule has 0 unspecified atom stereocenters. The fraction of sp³-hybridized carbons (Fsp3) is 0.231. The number of hydrogen-bond acceptors (Lipinski definition) is 3. The van der Waals surface area contributed by atoms with Crippen molar-refractivity contribution >= 4 is 5.97 Å². The predicted molar refractivity (Wildman–Crippen MR) is 63.8 cm³/mol. The van der Waals surface area contributed by atoms with Crippen molar-refractivity contribution < 1.29 is 19.0 Å². The minimum atomic E-state index is -1.10. The normalized spacial score (nSPS) is 14.2. The third-order valence-electron chi connectivity index (χ3n) is 3.07. The first-order valence-electron chi connectivity index (χ1n) is 5.84. The maximum absolute atomic E-state index is 13.3. The number of rotatable bonds is 2. The molecule has 0 saturated heterocycles. The number of aromatic nitrogens is 2. The molecule has 6 heteroatoms. The van der Waals surface area contributed by atoms with E-state index >= 15 is 0 Å². The summed E-state index contributed by atoms with van der Waals surface area (Å²) >= 11 is 0. The average molecular weight is 262 g/mol. The van der Waals surface area contributed by atoms with Crippen LogP contribution >= 0.6 is 0 Å². The lowest BCUT2D eigenvalue weighted by molar-refractivity contribution is 0.0677. The second-order valence-corrected chi connectivity index (χ2v) is 4.27. The summed E-state index contributed by atoms with van der Waals surface area (Å²) in [6.07, 6.45) is 0.562. The van der Waals surface area contributed by atoms with E-state index in [0.29, 0.717) is 24.3 Å². The Hall–Kier alpha value is -2.21. The van der Waals surface area contributed by atoms with Gasteiger partial charge in [-0.05, 0) is 18.2 Å². The van der Waals surface area contributed by atoms with Crippen molar-refractivity contribution in [3.05, 3.63) is 47.0 Å². The van der Waals surface area contributed by atoms with Gasteiger partial charge in [-0.1, -0.05) is 6.07 Å². The lowest BCUT2D eigenvalue weighted by Crippen LogP contribution is -2.13. The third kappa shape index (κ3) is 2.00. The van der Waals surface area contributed by atoms with E-state index in [1.807, 2.05) is 0 Å². The topological polar surface area (TPSA) is 64.3 Å². The SMILES string of the molecule is O=C(O)c1nn(-c2cccc(F)c2)c2c1COCC2. The quantitative estimate of drug-likeness (QED) is 0.896. The molecule has 98 valence electrons. The molecule has 0 fully saturated rings. The monoisotopic (exact) mass is 262 g/mol. The highest BCUT2D eigenvalue weighted by molar-refractivity contribution is 5.87. The number of ether oxygens (including phenoxy) is 1. The Morgan fingerprint density at radius 1 is 1.47 bits per heavy atom. The molecule has 1 aliphatic heterocycles. The Balaban J connectivity index is 2.19. The van der Waals surface area contributed by atoms with E-state index < -0.39 is 5.97 Å². The standard InChI is InChI=1S/C13H11FN2O3/c14-8-2-1-3-9(6-8)16-11-4-5-19-7-10(11)12(15-16)13(17)18/h1-3,6H,4-5,7H2,(H,17,18). The molecule has 2 heterocycles. The number of benzene rings is 1. The molecule has 2 aromatic rings. The van der Waals surface area contributed by atoms with E-state index in [-0.39, 0.29) is 18.1 Å². The highest BCUT2D eigenvalue weighted by Gasteiger charge is 2.25. The molecule has 0 amide bonds. The summed E-state index contributed by atoms with van der Waals surface area (Å²) in [6.45, 7) is 0.735. The highest BCUT2D eigenvalue weighted by Crippen LogP contribution is 2.24. The van der Waals surface area contributed by atoms with Gasteiger partial charge in [0.25, 0.3) is 0 Å². The van der Waals surface area contributed by atoms with Crippen LogP contribution in [0.1, 0.15) is 21.7 Å². The zero-order valence-electron chi connectivity index (χ0n) is 9.97. The van der Waals surface area contributed by atoms with Crippen LogP contribution in [0.3, 0.4) is 0 Å². The fourth-order valence-corrected chi connectivity index (χ4v) is 2.23. The molecule has 19 heavy (non-hydrogen) atoms. The number of aromatic carboxylic acids is 1. The number of carboxylic acid groups (broad SMARTS) is 1. The number of carbonyl (C=O) groups is 1. The molecular weight excluding hydrogens is 251 g/mol. The Morgan fingerprint density at radius 2 is 2.32 bits per heavy atom. The summed E-state index contributed by atoms with van der Waals surface area (Å²) in [4.78, 5) is 11.2. The number of fused-ring (bicyclic) bond motifs is 1. The van der Waals surface area contributed by atoms with Gasteiger partial charge in [-0.2, -0.15) is 5.10 Å². The second-order valence-electron chi connectivity index (χ2n) is 4.27. The summed E-state index contributed by atoms with van der Waals surface area (Å²) in [6, 6.07) is 5.92. The molecule has 0 saturated carbocycles. The fourth-order valence-electron chi connectivity index (χ4n) is 2.23. The summed E-state index contributed by atoms with van der Waals surface area (Å²) in [5, 5.41) is 13.2. The van der Waals surface area contributed by atoms with Gasteiger partial charge in [-0.3, -0.25) is 0 Å². The van der Waals surface area contributed by atoms with Gasteiger partial charge in [-0.25, -0.2) is 13.9 Å². The molecular formula is C13H11FN2O3. The Kier molecular flexibility index (Phi) is 2.79. The van der Waals surface area contributed by atoms with E-state index in [0.717, 1.165) is 5.69 Å². The van der Waals surface area contributed by atoms with Crippen molar-refractivity contribution in [3.63, 3.8) is 0 Å². The summed E-state index contributed by atoms with van der Waals surface area (Å²) < 4.78 is 20.0. The van der Waals surface area contributed by atoms with E-state index in [1.54, 1.807) is 12.1 Å². The molecule has 0 spiro atoms. The molecule has 1 aromatic carbocycles. The van der Waals surface area contributed by atoms with Crippen LogP contribution in [0.4, 0.5) is 4.39 Å². The van der Waals surface area contributed by atoms with Crippen molar-refractivity contribution in [1.29, 1.82) is 0 Å². The maximum Gasteiger partial charge on any atom is 0.356 e. The van der Waals surface area contributed by atoms with Gasteiger partial charge >= 0.3 is 5.97 Å². The van der Waals surface area contributed by atoms with Gasteiger partial charge in [0.05, 0.1) is 24.6 Å². The first-order valence-corrected chi connectivity index (χ1v) is 5.84. The Bertz CT molecular complexity index is 651. The van der Waals surface area contributed by atoms with E-state index in [9.17, 15) is 9.18 Å². The van der Waals surface area contributed by atoms with Crippen LogP contribution < -0.4 is 0 Å². The number of nitrogens with zero attached hydrogens (tertiary/aromatic N) is 2. The first kappa shape index (κ1) is 11.9. The van der Waals surface area contributed by atoms with Gasteiger partial charge in [0.15, 0.2) is 5.69 Å². The molecule has 0 bridgehead atoms. The summed E-state index contributed by atoms with van der Waals surface area (Å²) in [5.41, 5.74) is 1.84. The zero-order chi connectivity index (χ0) is 13.4. The third-order valence-corrected chi connectivity index (χ3v) is 3.07. The van der Waals surface area contributed by atoms with Crippen LogP contribution in [0.15, 0.2) is 24.3 Å². The largest absolute Gasteiger partial charge is 0.476 e. The number of halogens is 1. The van der Waals surface area contributed by atoms with Crippen LogP contribution in [0.5, 0.6) is 0 Å². The van der Waals surface area contributed by atoms with E-state index in [2.05, 4.69) is 5.10 Å². The molecule has 0 aliphatic carbocycles. The van der Waals surface area contributed by atoms with E-state index in [1.165, 1.54) is 16.8 Å². The minimum absolute atomic E-state index is 0.0287. The number of hydrogen-bond donors (Lipinski definition) is 1. The molecule has 3 rings (SSSR count). The van der Waals surface area contributed by atoms with Crippen LogP contribution in [-0.4, -0.2) is 27.5 Å². The van der Waals surface area contributed by atoms with Gasteiger partial charge < -0.3 is 9.84 Å². The second kappa shape index (κ2) is 4.47. The highest BCUT2D eigenvalue weighted by atomic mass is 19.1. The molecule has 1 aliphatic rings. The van der Waals surface area contributed by atoms with Gasteiger partial charge in [-0.15, -0.1) is 0 Å². The van der Waals surface area contributed by atoms with Crippen molar-refractivity contribution in [2.75, 3.05) is 6.61 Å². The molecule has 0 radical (unpaired) electrons. The minimum Gasteiger partial charge on any atom is -0.476 e. The molecule has 1 aromatic heterocycles. The van der Waals surface area contributed by atoms with Gasteiger partial charge in [0.2, 0.25) is 0 Å². The lowest BCUT2D eigenvalue weighted by Gasteiger charge is -2.14. The maximum atomic E-state index is 13.3. The van der Waals surface area contributed by atoms with Crippen LogP contribution in [0, 0.1) is 5.82 Å². The lowest BCUT2D eigenvalue weighted by atomic mass is 10.1. The van der Waals surface area contributed by atoms with Crippen LogP contribution in [-0.2, 0) is 17.8 Å². The average Bonchev–Trinajstić information content (AvgIpc) is 2.78. The Morgan fingerprint density at radius 3 is 3.05 bits per heavy atom. The van der Waals surface area contributed by atoms with Crippen molar-refractivity contribution in [2.45, 2.75) is 13.0 Å². The van der Waals surface area contributed by atoms with Crippen molar-refractivity contribution in [3.8, 4) is 5.69 Å². The molecule has 0 atom stereocenters. The van der Waals surface area contributed by atoms with E-state index in [4.69, 9.17) is 9.84 Å². The van der Waals surface area contributed by atoms with Crippen LogP contribution in [0.2, 0.25) is 0 Å². The summed E-state index contributed by atoms with van der Waals surface area (Å²) in [5.74, 6) is -1.48. The van der Waals surface area contributed by atoms with Crippen molar-refractivity contribution in [2.24, 2.45) is 0 Å². The molecule has 5 nitrogen and oxygen atoms in total. The van der Waals surface area contributed by atoms with Crippen LogP contribution in [0.25, 0.3) is 5.69 Å². The smallest absolute Gasteiger partial charge is 0.356 e. The number of carboxylic acids is 1. The predicted octanol–water partition coefficient (Wildman–Crippen LogP) is 1.78. The summed E-state index contributed by atoms with van der Waals surface area (Å²) in [7, 11) is 0.